The maximum absolute atomic E-state index is 12.0. The smallest absolute Gasteiger partial charge is 0.265 e. The number of likely N-dealkylation sites (N-methyl/N-ethyl adjacent to an activating group) is 1. The molecule has 90 valence electrons. The fourth-order valence-electron chi connectivity index (χ4n) is 1.36. The van der Waals surface area contributed by atoms with Gasteiger partial charge >= 0.3 is 0 Å². The molecule has 0 aliphatic rings. The molecule has 0 radical (unpaired) electrons. The Morgan fingerprint density at radius 2 is 2.19 bits per heavy atom. The first-order valence-corrected chi connectivity index (χ1v) is 6.06. The molecular weight excluding hydrogens is 224 g/mol. The van der Waals surface area contributed by atoms with Crippen LogP contribution in [0.25, 0.3) is 0 Å². The molecule has 16 heavy (non-hydrogen) atoms. The zero-order valence-corrected chi connectivity index (χ0v) is 11.0. The standard InChI is InChI=1S/C11H18N2O2S/c1-11(2,3)9-8(16-7-12-9)10(15)13(4)5-6-14/h7,14H,5-6H2,1-4H3. The molecular formula is C11H18N2O2S. The number of hydrogen-bond acceptors (Lipinski definition) is 4. The Kier molecular flexibility index (Phi) is 4.04. The maximum atomic E-state index is 12.0. The highest BCUT2D eigenvalue weighted by atomic mass is 32.1. The number of amides is 1. The summed E-state index contributed by atoms with van der Waals surface area (Å²) in [6.45, 7) is 6.42. The number of rotatable bonds is 3. The van der Waals surface area contributed by atoms with Crippen LogP contribution in [-0.4, -0.2) is 41.1 Å². The molecule has 0 bridgehead atoms. The Morgan fingerprint density at radius 3 is 2.69 bits per heavy atom. The lowest BCUT2D eigenvalue weighted by atomic mass is 9.91. The molecule has 0 aromatic carbocycles. The molecule has 0 aliphatic carbocycles. The average Bonchev–Trinajstić information content (AvgIpc) is 2.64. The normalized spacial score (nSPS) is 11.6. The van der Waals surface area contributed by atoms with Crippen LogP contribution < -0.4 is 0 Å². The second-order valence-electron chi connectivity index (χ2n) is 4.73. The third kappa shape index (κ3) is 2.80. The molecule has 0 aliphatic heterocycles. The zero-order valence-electron chi connectivity index (χ0n) is 10.1. The van der Waals surface area contributed by atoms with Crippen molar-refractivity contribution >= 4 is 17.2 Å². The Labute approximate surface area is 99.9 Å². The summed E-state index contributed by atoms with van der Waals surface area (Å²) in [5.41, 5.74) is 2.39. The van der Waals surface area contributed by atoms with Gasteiger partial charge in [0.2, 0.25) is 0 Å². The van der Waals surface area contributed by atoms with Crippen LogP contribution in [0.1, 0.15) is 36.1 Å². The molecule has 1 rings (SSSR count). The number of aliphatic hydroxyl groups excluding tert-OH is 1. The first-order valence-electron chi connectivity index (χ1n) is 5.18. The van der Waals surface area contributed by atoms with Crippen LogP contribution in [0.3, 0.4) is 0 Å². The van der Waals surface area contributed by atoms with Gasteiger partial charge in [0.05, 0.1) is 17.8 Å². The molecule has 1 N–H and O–H groups in total. The number of aromatic nitrogens is 1. The highest BCUT2D eigenvalue weighted by Crippen LogP contribution is 2.27. The third-order valence-corrected chi connectivity index (χ3v) is 3.07. The van der Waals surface area contributed by atoms with Gasteiger partial charge in [0.15, 0.2) is 0 Å². The van der Waals surface area contributed by atoms with E-state index in [0.717, 1.165) is 5.69 Å². The monoisotopic (exact) mass is 242 g/mol. The van der Waals surface area contributed by atoms with Gasteiger partial charge in [-0.1, -0.05) is 20.8 Å². The highest BCUT2D eigenvalue weighted by molar-refractivity contribution is 7.11. The lowest BCUT2D eigenvalue weighted by Crippen LogP contribution is -2.30. The fraction of sp³-hybridized carbons (Fsp3) is 0.636. The van der Waals surface area contributed by atoms with Crippen molar-refractivity contribution in [2.75, 3.05) is 20.2 Å². The molecule has 1 aromatic rings. The van der Waals surface area contributed by atoms with E-state index in [-0.39, 0.29) is 17.9 Å². The largest absolute Gasteiger partial charge is 0.395 e. The predicted molar refractivity (Wildman–Crippen MR) is 64.9 cm³/mol. The summed E-state index contributed by atoms with van der Waals surface area (Å²) in [5, 5.41) is 8.81. The minimum absolute atomic E-state index is 0.0219. The molecule has 0 atom stereocenters. The van der Waals surface area contributed by atoms with Gasteiger partial charge in [-0.25, -0.2) is 4.98 Å². The summed E-state index contributed by atoms with van der Waals surface area (Å²) < 4.78 is 0. The summed E-state index contributed by atoms with van der Waals surface area (Å²) in [6.07, 6.45) is 0. The van der Waals surface area contributed by atoms with Gasteiger partial charge in [-0.15, -0.1) is 11.3 Å². The maximum Gasteiger partial charge on any atom is 0.265 e. The summed E-state index contributed by atoms with van der Waals surface area (Å²) in [7, 11) is 1.69. The van der Waals surface area contributed by atoms with Crippen molar-refractivity contribution in [1.29, 1.82) is 0 Å². The van der Waals surface area contributed by atoms with E-state index in [9.17, 15) is 4.79 Å². The van der Waals surface area contributed by atoms with Crippen LogP contribution in [0.4, 0.5) is 0 Å². The fourth-order valence-corrected chi connectivity index (χ4v) is 2.35. The van der Waals surface area contributed by atoms with Gasteiger partial charge in [-0.3, -0.25) is 4.79 Å². The first-order chi connectivity index (χ1) is 7.38. The van der Waals surface area contributed by atoms with Gasteiger partial charge < -0.3 is 10.0 Å². The Morgan fingerprint density at radius 1 is 1.56 bits per heavy atom. The van der Waals surface area contributed by atoms with E-state index in [2.05, 4.69) is 4.98 Å². The molecule has 4 nitrogen and oxygen atoms in total. The van der Waals surface area contributed by atoms with E-state index in [0.29, 0.717) is 11.4 Å². The molecule has 1 heterocycles. The van der Waals surface area contributed by atoms with Crippen LogP contribution in [0.15, 0.2) is 5.51 Å². The molecule has 0 unspecified atom stereocenters. The molecule has 0 saturated carbocycles. The second-order valence-corrected chi connectivity index (χ2v) is 5.59. The quantitative estimate of drug-likeness (QED) is 0.874. The van der Waals surface area contributed by atoms with Crippen LogP contribution in [0.2, 0.25) is 0 Å². The van der Waals surface area contributed by atoms with Gasteiger partial charge in [-0.05, 0) is 0 Å². The number of thiazole rings is 1. The van der Waals surface area contributed by atoms with Crippen LogP contribution in [-0.2, 0) is 5.41 Å². The molecule has 0 saturated heterocycles. The highest BCUT2D eigenvalue weighted by Gasteiger charge is 2.26. The summed E-state index contributed by atoms with van der Waals surface area (Å²) >= 11 is 1.35. The number of carbonyl (C=O) groups is 1. The van der Waals surface area contributed by atoms with Gasteiger partial charge in [0.25, 0.3) is 5.91 Å². The van der Waals surface area contributed by atoms with Crippen LogP contribution >= 0.6 is 11.3 Å². The van der Waals surface area contributed by atoms with Gasteiger partial charge in [0, 0.05) is 19.0 Å². The van der Waals surface area contributed by atoms with Crippen molar-refractivity contribution in [2.45, 2.75) is 26.2 Å². The molecule has 5 heteroatoms. The molecule has 0 fully saturated rings. The van der Waals surface area contributed by atoms with E-state index in [1.807, 2.05) is 20.8 Å². The number of nitrogens with zero attached hydrogens (tertiary/aromatic N) is 2. The van der Waals surface area contributed by atoms with Crippen molar-refractivity contribution in [3.63, 3.8) is 0 Å². The SMILES string of the molecule is CN(CCO)C(=O)c1scnc1C(C)(C)C. The van der Waals surface area contributed by atoms with Gasteiger partial charge in [0.1, 0.15) is 4.88 Å². The Balaban J connectivity index is 2.97. The minimum atomic E-state index is -0.134. The van der Waals surface area contributed by atoms with E-state index < -0.39 is 0 Å². The summed E-state index contributed by atoms with van der Waals surface area (Å²) in [4.78, 5) is 18.5. The van der Waals surface area contributed by atoms with Crippen LogP contribution in [0.5, 0.6) is 0 Å². The van der Waals surface area contributed by atoms with Crippen molar-refractivity contribution < 1.29 is 9.90 Å². The van der Waals surface area contributed by atoms with Crippen molar-refractivity contribution in [2.24, 2.45) is 0 Å². The summed E-state index contributed by atoms with van der Waals surface area (Å²) in [6, 6.07) is 0. The number of carbonyl (C=O) groups excluding carboxylic acids is 1. The minimum Gasteiger partial charge on any atom is -0.395 e. The van der Waals surface area contributed by atoms with Crippen molar-refractivity contribution in [3.8, 4) is 0 Å². The topological polar surface area (TPSA) is 53.4 Å². The zero-order chi connectivity index (χ0) is 12.3. The lowest BCUT2D eigenvalue weighted by Gasteiger charge is -2.20. The van der Waals surface area contributed by atoms with Gasteiger partial charge in [-0.2, -0.15) is 0 Å². The molecule has 1 amide bonds. The Hall–Kier alpha value is -0.940. The van der Waals surface area contributed by atoms with E-state index in [1.54, 1.807) is 12.6 Å². The van der Waals surface area contributed by atoms with Crippen LogP contribution in [0, 0.1) is 0 Å². The number of hydrogen-bond donors (Lipinski definition) is 1. The third-order valence-electron chi connectivity index (χ3n) is 2.25. The Bertz CT molecular complexity index is 368. The van der Waals surface area contributed by atoms with E-state index in [1.165, 1.54) is 16.2 Å². The average molecular weight is 242 g/mol. The van der Waals surface area contributed by atoms with Crippen molar-refractivity contribution in [1.82, 2.24) is 9.88 Å². The van der Waals surface area contributed by atoms with E-state index >= 15 is 0 Å². The van der Waals surface area contributed by atoms with E-state index in [4.69, 9.17) is 5.11 Å². The molecule has 0 spiro atoms. The predicted octanol–water partition coefficient (Wildman–Crippen LogP) is 1.50. The summed E-state index contributed by atoms with van der Waals surface area (Å²) in [5.74, 6) is -0.0681. The lowest BCUT2D eigenvalue weighted by molar-refractivity contribution is 0.0769. The second kappa shape index (κ2) is 4.93. The molecule has 1 aromatic heterocycles. The van der Waals surface area contributed by atoms with Crippen molar-refractivity contribution in [3.05, 3.63) is 16.1 Å². The number of aliphatic hydroxyl groups is 1. The first kappa shape index (κ1) is 13.1.